The smallest absolute Gasteiger partial charge is 0.338 e. The van der Waals surface area contributed by atoms with E-state index in [2.05, 4.69) is 19.9 Å². The molecule has 3 aliphatic carbocycles. The van der Waals surface area contributed by atoms with Gasteiger partial charge < -0.3 is 14.2 Å². The molecule has 44 heavy (non-hydrogen) atoms. The molecule has 2 saturated carbocycles. The van der Waals surface area contributed by atoms with Crippen LogP contribution >= 0.6 is 0 Å². The van der Waals surface area contributed by atoms with Crippen LogP contribution < -0.4 is 0 Å². The van der Waals surface area contributed by atoms with Crippen molar-refractivity contribution in [1.82, 2.24) is 0 Å². The summed E-state index contributed by atoms with van der Waals surface area (Å²) >= 11 is 0. The van der Waals surface area contributed by atoms with Crippen molar-refractivity contribution in [1.29, 1.82) is 0 Å². The Morgan fingerprint density at radius 3 is 2.05 bits per heavy atom. The van der Waals surface area contributed by atoms with Crippen LogP contribution in [0.3, 0.4) is 0 Å². The second kappa shape index (κ2) is 10.8. The lowest BCUT2D eigenvalue weighted by Crippen LogP contribution is -2.57. The van der Waals surface area contributed by atoms with Crippen LogP contribution in [0.2, 0.25) is 0 Å². The molecular formula is C33H36N2O9. The van der Waals surface area contributed by atoms with Crippen LogP contribution in [-0.4, -0.2) is 46.2 Å². The van der Waals surface area contributed by atoms with Crippen LogP contribution in [-0.2, 0) is 14.2 Å². The zero-order valence-corrected chi connectivity index (χ0v) is 25.0. The van der Waals surface area contributed by atoms with Crippen LogP contribution in [0.5, 0.6) is 0 Å². The number of nitro groups is 2. The lowest BCUT2D eigenvalue weighted by molar-refractivity contribution is -0.385. The number of ether oxygens (including phenoxy) is 3. The highest BCUT2D eigenvalue weighted by Gasteiger charge is 2.65. The number of non-ortho nitro benzene ring substituents is 2. The summed E-state index contributed by atoms with van der Waals surface area (Å²) in [7, 11) is 0. The first-order valence-corrected chi connectivity index (χ1v) is 15.1. The number of fused-ring (bicyclic) bond motifs is 5. The lowest BCUT2D eigenvalue weighted by Gasteiger charge is -2.57. The van der Waals surface area contributed by atoms with E-state index in [1.54, 1.807) is 0 Å². The number of nitrogens with zero attached hydrogens (tertiary/aromatic N) is 2. The minimum atomic E-state index is -0.851. The van der Waals surface area contributed by atoms with E-state index in [0.29, 0.717) is 17.9 Å². The van der Waals surface area contributed by atoms with E-state index in [-0.39, 0.29) is 47.1 Å². The summed E-state index contributed by atoms with van der Waals surface area (Å²) in [6.45, 7) is 6.69. The van der Waals surface area contributed by atoms with Gasteiger partial charge in [-0.3, -0.25) is 20.2 Å². The predicted octanol–water partition coefficient (Wildman–Crippen LogP) is 6.60. The number of nitro benzene ring substituents is 2. The average Bonchev–Trinajstić information content (AvgIpc) is 3.27. The average molecular weight is 605 g/mol. The van der Waals surface area contributed by atoms with Crippen molar-refractivity contribution in [3.8, 4) is 0 Å². The number of hydrogen-bond donors (Lipinski definition) is 0. The van der Waals surface area contributed by atoms with Gasteiger partial charge in [-0.15, -0.1) is 0 Å². The highest BCUT2D eigenvalue weighted by Crippen LogP contribution is 2.64. The fourth-order valence-corrected chi connectivity index (χ4v) is 8.25. The third-order valence-corrected chi connectivity index (χ3v) is 11.1. The van der Waals surface area contributed by atoms with Crippen LogP contribution in [0.4, 0.5) is 11.4 Å². The van der Waals surface area contributed by atoms with Gasteiger partial charge in [0.2, 0.25) is 0 Å². The van der Waals surface area contributed by atoms with Gasteiger partial charge in [-0.1, -0.05) is 25.5 Å². The van der Waals surface area contributed by atoms with Gasteiger partial charge in [0.1, 0.15) is 11.7 Å². The summed E-state index contributed by atoms with van der Waals surface area (Å²) in [5.41, 5.74) is 0.399. The first-order valence-electron chi connectivity index (χ1n) is 15.1. The van der Waals surface area contributed by atoms with Crippen molar-refractivity contribution in [3.05, 3.63) is 91.5 Å². The molecule has 0 amide bonds. The van der Waals surface area contributed by atoms with Gasteiger partial charge in [0.05, 0.1) is 33.7 Å². The zero-order chi connectivity index (χ0) is 31.4. The van der Waals surface area contributed by atoms with E-state index in [1.807, 2.05) is 6.92 Å². The molecule has 0 spiro atoms. The highest BCUT2D eigenvalue weighted by molar-refractivity contribution is 5.90. The SMILES string of the molecule is C[C@]12CC[C@H](OC(=O)c3ccc([N+](=O)[O-])cc3)CC1=CC[C@H]1[C@H]3OC[C@](C)(OC(=O)c4ccc([N+](=O)[O-])cc4)[C@@]3(C)CC[C@@H]12. The van der Waals surface area contributed by atoms with Gasteiger partial charge in [-0.2, -0.15) is 0 Å². The molecule has 0 unspecified atom stereocenters. The molecule has 0 radical (unpaired) electrons. The molecule has 11 heteroatoms. The number of carbonyl (C=O) groups is 2. The Morgan fingerprint density at radius 1 is 0.864 bits per heavy atom. The first kappa shape index (κ1) is 29.9. The largest absolute Gasteiger partial charge is 0.458 e. The fraction of sp³-hybridized carbons (Fsp3) is 0.515. The van der Waals surface area contributed by atoms with E-state index < -0.39 is 32.8 Å². The fourth-order valence-electron chi connectivity index (χ4n) is 8.25. The van der Waals surface area contributed by atoms with E-state index in [0.717, 1.165) is 32.1 Å². The van der Waals surface area contributed by atoms with Crippen LogP contribution in [0, 0.1) is 42.9 Å². The number of esters is 2. The third-order valence-electron chi connectivity index (χ3n) is 11.1. The van der Waals surface area contributed by atoms with E-state index >= 15 is 0 Å². The third kappa shape index (κ3) is 4.87. The maximum atomic E-state index is 13.1. The maximum Gasteiger partial charge on any atom is 0.338 e. The molecule has 0 aromatic heterocycles. The Kier molecular flexibility index (Phi) is 7.34. The van der Waals surface area contributed by atoms with E-state index in [1.165, 1.54) is 54.1 Å². The predicted molar refractivity (Wildman–Crippen MR) is 158 cm³/mol. The van der Waals surface area contributed by atoms with Crippen molar-refractivity contribution >= 4 is 23.3 Å². The standard InChI is InChI=1S/C33H36N2O9/c1-31-16-14-25(43-29(36)20-4-9-23(10-5-20)34(38)39)18-22(31)8-13-26-27(31)15-17-32(2)28(26)42-19-33(32,3)44-30(37)21-6-11-24(12-7-21)35(40)41/h4-12,25-28H,13-19H2,1-3H3/t25-,26+,27-,28+,31-,32-,33-/m0/s1. The molecule has 1 saturated heterocycles. The molecular weight excluding hydrogens is 568 g/mol. The zero-order valence-electron chi connectivity index (χ0n) is 25.0. The van der Waals surface area contributed by atoms with Crippen molar-refractivity contribution < 1.29 is 33.6 Å². The molecule has 7 atom stereocenters. The Balaban J connectivity index is 1.14. The molecule has 3 fully saturated rings. The number of allylic oxidation sites excluding steroid dienone is 1. The Labute approximate surface area is 254 Å². The van der Waals surface area contributed by atoms with Gasteiger partial charge in [-0.25, -0.2) is 9.59 Å². The molecule has 0 bridgehead atoms. The summed E-state index contributed by atoms with van der Waals surface area (Å²) in [5, 5.41) is 21.9. The van der Waals surface area contributed by atoms with Crippen LogP contribution in [0.25, 0.3) is 0 Å². The highest BCUT2D eigenvalue weighted by atomic mass is 16.6. The summed E-state index contributed by atoms with van der Waals surface area (Å²) < 4.78 is 18.5. The number of carbonyl (C=O) groups excluding carboxylic acids is 2. The van der Waals surface area contributed by atoms with Crippen molar-refractivity contribution in [2.75, 3.05) is 6.61 Å². The van der Waals surface area contributed by atoms with Crippen LogP contribution in [0.1, 0.15) is 80.0 Å². The van der Waals surface area contributed by atoms with E-state index in [4.69, 9.17) is 14.2 Å². The van der Waals surface area contributed by atoms with Gasteiger partial charge in [-0.05, 0) is 80.5 Å². The number of hydrogen-bond acceptors (Lipinski definition) is 9. The summed E-state index contributed by atoms with van der Waals surface area (Å²) in [5.74, 6) is -0.367. The number of benzene rings is 2. The van der Waals surface area contributed by atoms with Crippen molar-refractivity contribution in [2.45, 2.75) is 77.1 Å². The lowest BCUT2D eigenvalue weighted by atomic mass is 9.48. The molecule has 2 aromatic rings. The summed E-state index contributed by atoms with van der Waals surface area (Å²) in [6.07, 6.45) is 6.79. The van der Waals surface area contributed by atoms with Gasteiger partial charge in [0.25, 0.3) is 11.4 Å². The second-order valence-electron chi connectivity index (χ2n) is 13.3. The minimum absolute atomic E-state index is 0.0572. The first-order chi connectivity index (χ1) is 20.8. The molecule has 4 aliphatic rings. The maximum absolute atomic E-state index is 13.1. The topological polar surface area (TPSA) is 148 Å². The molecule has 232 valence electrons. The Morgan fingerprint density at radius 2 is 1.45 bits per heavy atom. The van der Waals surface area contributed by atoms with E-state index in [9.17, 15) is 29.8 Å². The minimum Gasteiger partial charge on any atom is -0.458 e. The molecule has 11 nitrogen and oxygen atoms in total. The van der Waals surface area contributed by atoms with Crippen molar-refractivity contribution in [2.24, 2.45) is 22.7 Å². The molecule has 1 heterocycles. The van der Waals surface area contributed by atoms with Gasteiger partial charge in [0.15, 0.2) is 0 Å². The van der Waals surface area contributed by atoms with Gasteiger partial charge in [0, 0.05) is 36.1 Å². The summed E-state index contributed by atoms with van der Waals surface area (Å²) in [4.78, 5) is 46.9. The number of rotatable bonds is 6. The molecule has 2 aromatic carbocycles. The summed E-state index contributed by atoms with van der Waals surface area (Å²) in [6, 6.07) is 10.9. The molecule has 6 rings (SSSR count). The molecule has 0 N–H and O–H groups in total. The molecule has 1 aliphatic heterocycles. The van der Waals surface area contributed by atoms with Crippen LogP contribution in [0.15, 0.2) is 60.2 Å². The monoisotopic (exact) mass is 604 g/mol. The Hall–Kier alpha value is -4.12. The van der Waals surface area contributed by atoms with Gasteiger partial charge >= 0.3 is 11.9 Å². The van der Waals surface area contributed by atoms with Crippen molar-refractivity contribution in [3.63, 3.8) is 0 Å². The Bertz CT molecular complexity index is 1540. The second-order valence-corrected chi connectivity index (χ2v) is 13.3. The quantitative estimate of drug-likeness (QED) is 0.154. The normalized spacial score (nSPS) is 34.0.